The molecule has 1 N–H and O–H groups in total. The van der Waals surface area contributed by atoms with E-state index in [1.807, 2.05) is 36.4 Å². The molecule has 0 bridgehead atoms. The summed E-state index contributed by atoms with van der Waals surface area (Å²) in [6, 6.07) is 14.8. The highest BCUT2D eigenvalue weighted by Crippen LogP contribution is 2.38. The third-order valence-electron chi connectivity index (χ3n) is 4.37. The summed E-state index contributed by atoms with van der Waals surface area (Å²) < 4.78 is 16.2. The zero-order valence-electron chi connectivity index (χ0n) is 17.9. The van der Waals surface area contributed by atoms with Crippen LogP contribution in [0.5, 0.6) is 17.2 Å². The molecule has 0 fully saturated rings. The van der Waals surface area contributed by atoms with Crippen LogP contribution in [0.4, 0.5) is 5.69 Å². The first-order valence-electron chi connectivity index (χ1n) is 9.61. The second-order valence-electron chi connectivity index (χ2n) is 6.53. The molecule has 0 aliphatic carbocycles. The van der Waals surface area contributed by atoms with Crippen LogP contribution in [0.3, 0.4) is 0 Å². The lowest BCUT2D eigenvalue weighted by Gasteiger charge is -2.14. The molecular formula is C23H22N4O4S. The normalized spacial score (nSPS) is 10.2. The summed E-state index contributed by atoms with van der Waals surface area (Å²) in [6.45, 7) is 0. The molecule has 1 heterocycles. The van der Waals surface area contributed by atoms with Crippen molar-refractivity contribution >= 4 is 23.4 Å². The predicted octanol–water partition coefficient (Wildman–Crippen LogP) is 4.10. The monoisotopic (exact) mass is 450 g/mol. The van der Waals surface area contributed by atoms with E-state index in [1.165, 1.54) is 11.8 Å². The maximum Gasteiger partial charge on any atom is 0.238 e. The van der Waals surface area contributed by atoms with E-state index in [1.54, 1.807) is 39.7 Å². The SMILES string of the molecule is COc1cc(Cc2nccc(Sc3ccc(NC(=O)CC#N)cc3)n2)cc(OC)c1OC. The lowest BCUT2D eigenvalue weighted by atomic mass is 10.1. The Labute approximate surface area is 190 Å². The van der Waals surface area contributed by atoms with E-state index in [9.17, 15) is 4.79 Å². The summed E-state index contributed by atoms with van der Waals surface area (Å²) >= 11 is 1.49. The minimum absolute atomic E-state index is 0.174. The number of carbonyl (C=O) groups excluding carboxylic acids is 1. The zero-order valence-corrected chi connectivity index (χ0v) is 18.7. The predicted molar refractivity (Wildman–Crippen MR) is 120 cm³/mol. The van der Waals surface area contributed by atoms with E-state index in [0.717, 1.165) is 15.5 Å². The number of nitrogens with zero attached hydrogens (tertiary/aromatic N) is 3. The topological polar surface area (TPSA) is 106 Å². The molecule has 0 saturated heterocycles. The number of hydrogen-bond donors (Lipinski definition) is 1. The Morgan fingerprint density at radius 1 is 1.06 bits per heavy atom. The average Bonchev–Trinajstić information content (AvgIpc) is 2.80. The van der Waals surface area contributed by atoms with Gasteiger partial charge in [0, 0.05) is 23.2 Å². The Kier molecular flexibility index (Phi) is 7.89. The van der Waals surface area contributed by atoms with Gasteiger partial charge in [0.05, 0.1) is 27.4 Å². The van der Waals surface area contributed by atoms with Gasteiger partial charge in [-0.2, -0.15) is 5.26 Å². The molecular weight excluding hydrogens is 428 g/mol. The van der Waals surface area contributed by atoms with Gasteiger partial charge in [0.1, 0.15) is 17.3 Å². The van der Waals surface area contributed by atoms with Gasteiger partial charge in [0.15, 0.2) is 11.5 Å². The second kappa shape index (κ2) is 11.0. The van der Waals surface area contributed by atoms with Crippen LogP contribution in [0.25, 0.3) is 0 Å². The highest BCUT2D eigenvalue weighted by atomic mass is 32.2. The molecule has 8 nitrogen and oxygen atoms in total. The molecule has 2 aromatic carbocycles. The number of carbonyl (C=O) groups is 1. The van der Waals surface area contributed by atoms with Gasteiger partial charge in [-0.1, -0.05) is 11.8 Å². The van der Waals surface area contributed by atoms with Crippen molar-refractivity contribution in [1.82, 2.24) is 9.97 Å². The number of rotatable bonds is 9. The number of hydrogen-bond acceptors (Lipinski definition) is 8. The van der Waals surface area contributed by atoms with E-state index < -0.39 is 0 Å². The molecule has 3 aromatic rings. The van der Waals surface area contributed by atoms with E-state index >= 15 is 0 Å². The summed E-state index contributed by atoms with van der Waals surface area (Å²) in [5.74, 6) is 2.02. The van der Waals surface area contributed by atoms with Crippen LogP contribution in [0.15, 0.2) is 58.6 Å². The molecule has 0 aliphatic heterocycles. The fourth-order valence-electron chi connectivity index (χ4n) is 2.95. The molecule has 0 saturated carbocycles. The minimum atomic E-state index is -0.333. The molecule has 32 heavy (non-hydrogen) atoms. The summed E-state index contributed by atoms with van der Waals surface area (Å²) in [4.78, 5) is 21.5. The zero-order chi connectivity index (χ0) is 22.9. The number of amides is 1. The van der Waals surface area contributed by atoms with Crippen molar-refractivity contribution < 1.29 is 19.0 Å². The Morgan fingerprint density at radius 2 is 1.75 bits per heavy atom. The van der Waals surface area contributed by atoms with Crippen LogP contribution in [0.2, 0.25) is 0 Å². The van der Waals surface area contributed by atoms with Crippen LogP contribution < -0.4 is 19.5 Å². The Hall–Kier alpha value is -3.77. The van der Waals surface area contributed by atoms with Crippen LogP contribution in [0, 0.1) is 11.3 Å². The lowest BCUT2D eigenvalue weighted by Crippen LogP contribution is -2.09. The van der Waals surface area contributed by atoms with Crippen molar-refractivity contribution in [3.05, 3.63) is 60.0 Å². The third-order valence-corrected chi connectivity index (χ3v) is 5.31. The molecule has 1 aromatic heterocycles. The van der Waals surface area contributed by atoms with E-state index in [0.29, 0.717) is 35.2 Å². The summed E-state index contributed by atoms with van der Waals surface area (Å²) in [5, 5.41) is 12.0. The maximum absolute atomic E-state index is 11.5. The Morgan fingerprint density at radius 3 is 2.34 bits per heavy atom. The summed E-state index contributed by atoms with van der Waals surface area (Å²) in [7, 11) is 4.72. The standard InChI is InChI=1S/C23H22N4O4S/c1-29-18-12-15(13-19(30-2)23(18)31-3)14-20-25-11-9-22(27-20)32-17-6-4-16(5-7-17)26-21(28)8-10-24/h4-7,9,11-13H,8,14H2,1-3H3,(H,26,28). The van der Waals surface area contributed by atoms with Gasteiger partial charge in [0.2, 0.25) is 11.7 Å². The Bertz CT molecular complexity index is 1100. The summed E-state index contributed by atoms with van der Waals surface area (Å²) in [5.41, 5.74) is 1.57. The van der Waals surface area contributed by atoms with Crippen molar-refractivity contribution in [2.24, 2.45) is 0 Å². The van der Waals surface area contributed by atoms with Crippen molar-refractivity contribution in [1.29, 1.82) is 5.26 Å². The number of ether oxygens (including phenoxy) is 3. The number of methoxy groups -OCH3 is 3. The van der Waals surface area contributed by atoms with E-state index in [4.69, 9.17) is 19.5 Å². The molecule has 0 radical (unpaired) electrons. The van der Waals surface area contributed by atoms with Crippen LogP contribution in [-0.2, 0) is 11.2 Å². The lowest BCUT2D eigenvalue weighted by molar-refractivity contribution is -0.115. The molecule has 1 amide bonds. The van der Waals surface area contributed by atoms with Gasteiger partial charge < -0.3 is 19.5 Å². The largest absolute Gasteiger partial charge is 0.493 e. The van der Waals surface area contributed by atoms with Gasteiger partial charge in [-0.15, -0.1) is 0 Å². The van der Waals surface area contributed by atoms with Crippen molar-refractivity contribution in [2.75, 3.05) is 26.6 Å². The molecule has 0 spiro atoms. The molecule has 0 aliphatic rings. The highest BCUT2D eigenvalue weighted by Gasteiger charge is 2.14. The van der Waals surface area contributed by atoms with Crippen molar-refractivity contribution in [3.8, 4) is 23.3 Å². The van der Waals surface area contributed by atoms with E-state index in [-0.39, 0.29) is 12.3 Å². The van der Waals surface area contributed by atoms with Crippen molar-refractivity contribution in [2.45, 2.75) is 22.8 Å². The van der Waals surface area contributed by atoms with Gasteiger partial charge in [0.25, 0.3) is 0 Å². The summed E-state index contributed by atoms with van der Waals surface area (Å²) in [6.07, 6.45) is 2.04. The molecule has 164 valence electrons. The minimum Gasteiger partial charge on any atom is -0.493 e. The molecule has 9 heteroatoms. The quantitative estimate of drug-likeness (QED) is 0.486. The first-order valence-corrected chi connectivity index (χ1v) is 10.4. The maximum atomic E-state index is 11.5. The number of aromatic nitrogens is 2. The number of nitrogens with one attached hydrogen (secondary N) is 1. The van der Waals surface area contributed by atoms with Gasteiger partial charge in [-0.05, 0) is 48.0 Å². The van der Waals surface area contributed by atoms with Crippen LogP contribution in [0.1, 0.15) is 17.8 Å². The number of anilines is 1. The molecule has 0 atom stereocenters. The number of nitriles is 1. The molecule has 0 unspecified atom stereocenters. The second-order valence-corrected chi connectivity index (χ2v) is 7.62. The first-order chi connectivity index (χ1) is 15.6. The average molecular weight is 451 g/mol. The number of benzene rings is 2. The van der Waals surface area contributed by atoms with Gasteiger partial charge >= 0.3 is 0 Å². The van der Waals surface area contributed by atoms with Gasteiger partial charge in [-0.3, -0.25) is 4.79 Å². The van der Waals surface area contributed by atoms with Crippen LogP contribution in [-0.4, -0.2) is 37.2 Å². The van der Waals surface area contributed by atoms with E-state index in [2.05, 4.69) is 15.3 Å². The molecule has 3 rings (SSSR count). The third kappa shape index (κ3) is 5.89. The smallest absolute Gasteiger partial charge is 0.238 e. The Balaban J connectivity index is 1.72. The fourth-order valence-corrected chi connectivity index (χ4v) is 3.74. The first kappa shape index (κ1) is 22.9. The van der Waals surface area contributed by atoms with Gasteiger partial charge in [-0.25, -0.2) is 9.97 Å². The van der Waals surface area contributed by atoms with Crippen LogP contribution >= 0.6 is 11.8 Å². The highest BCUT2D eigenvalue weighted by molar-refractivity contribution is 7.99. The fraction of sp³-hybridized carbons (Fsp3) is 0.217. The van der Waals surface area contributed by atoms with Crippen molar-refractivity contribution in [3.63, 3.8) is 0 Å².